The fraction of sp³-hybridized carbons (Fsp3) is 0.100. The summed E-state index contributed by atoms with van der Waals surface area (Å²) in [5.74, 6) is -1.78. The number of aryl methyl sites for hydroxylation is 2. The van der Waals surface area contributed by atoms with Crippen molar-refractivity contribution < 1.29 is 14.0 Å². The van der Waals surface area contributed by atoms with Gasteiger partial charge in [-0.15, -0.1) is 0 Å². The molecule has 0 atom stereocenters. The molecule has 2 amide bonds. The van der Waals surface area contributed by atoms with E-state index in [4.69, 9.17) is 17.3 Å². The molecule has 148 valence electrons. The Hall–Kier alpha value is -3.52. The smallest absolute Gasteiger partial charge is 0.260 e. The van der Waals surface area contributed by atoms with Crippen molar-refractivity contribution in [2.45, 2.75) is 13.8 Å². The zero-order valence-corrected chi connectivity index (χ0v) is 16.3. The summed E-state index contributed by atoms with van der Waals surface area (Å²) in [5, 5.41) is 5.27. The summed E-state index contributed by atoms with van der Waals surface area (Å²) in [7, 11) is 0. The first kappa shape index (κ1) is 20.2. The average molecular weight is 414 g/mol. The molecule has 0 saturated carbocycles. The van der Waals surface area contributed by atoms with Gasteiger partial charge in [-0.25, -0.2) is 14.4 Å². The highest BCUT2D eigenvalue weighted by Gasteiger charge is 2.19. The number of nitrogens with two attached hydrogens (primary N) is 1. The van der Waals surface area contributed by atoms with Gasteiger partial charge in [0.15, 0.2) is 0 Å². The van der Waals surface area contributed by atoms with Crippen LogP contribution < -0.4 is 16.4 Å². The Morgan fingerprint density at radius 3 is 2.28 bits per heavy atom. The third kappa shape index (κ3) is 4.49. The zero-order valence-electron chi connectivity index (χ0n) is 15.6. The second-order valence-corrected chi connectivity index (χ2v) is 6.70. The quantitative estimate of drug-likeness (QED) is 0.599. The molecule has 0 aliphatic heterocycles. The van der Waals surface area contributed by atoms with E-state index < -0.39 is 17.6 Å². The Morgan fingerprint density at radius 1 is 0.966 bits per heavy atom. The van der Waals surface area contributed by atoms with Crippen LogP contribution in [0.25, 0.3) is 0 Å². The lowest BCUT2D eigenvalue weighted by Crippen LogP contribution is -2.17. The van der Waals surface area contributed by atoms with Crippen LogP contribution in [-0.4, -0.2) is 21.8 Å². The molecule has 0 unspecified atom stereocenters. The predicted octanol–water partition coefficient (Wildman–Crippen LogP) is 3.97. The summed E-state index contributed by atoms with van der Waals surface area (Å²) in [4.78, 5) is 32.7. The maximum absolute atomic E-state index is 14.1. The first-order valence-corrected chi connectivity index (χ1v) is 8.89. The van der Waals surface area contributed by atoms with Crippen LogP contribution in [0.1, 0.15) is 31.8 Å². The fourth-order valence-electron chi connectivity index (χ4n) is 2.60. The minimum absolute atomic E-state index is 0.0379. The molecule has 3 rings (SSSR count). The first-order chi connectivity index (χ1) is 13.8. The van der Waals surface area contributed by atoms with Gasteiger partial charge in [-0.3, -0.25) is 9.59 Å². The number of halogens is 2. The van der Waals surface area contributed by atoms with Crippen molar-refractivity contribution in [3.63, 3.8) is 0 Å². The third-order valence-electron chi connectivity index (χ3n) is 4.18. The second-order valence-electron chi connectivity index (χ2n) is 6.32. The van der Waals surface area contributed by atoms with E-state index in [-0.39, 0.29) is 16.5 Å². The van der Waals surface area contributed by atoms with Gasteiger partial charge in [-0.05, 0) is 43.2 Å². The number of aromatic nitrogens is 2. The van der Waals surface area contributed by atoms with E-state index in [1.807, 2.05) is 0 Å². The standard InChI is InChI=1S/C20H17ClFN5O2/c1-10-3-5-12(26-19(29)16-15(22)6-4-11(2)17(16)21)7-14(10)18(28)27-13-8-24-20(23)25-9-13/h3-9H,1-2H3,(H,26,29)(H,27,28)(H2,23,24,25). The molecule has 3 aromatic rings. The van der Waals surface area contributed by atoms with Crippen LogP contribution in [0.15, 0.2) is 42.7 Å². The van der Waals surface area contributed by atoms with Crippen molar-refractivity contribution in [1.82, 2.24) is 9.97 Å². The van der Waals surface area contributed by atoms with Gasteiger partial charge in [0.2, 0.25) is 5.95 Å². The van der Waals surface area contributed by atoms with Crippen LogP contribution in [-0.2, 0) is 0 Å². The summed E-state index contributed by atoms with van der Waals surface area (Å²) >= 11 is 6.08. The Kier molecular flexibility index (Phi) is 5.74. The van der Waals surface area contributed by atoms with Crippen LogP contribution >= 0.6 is 11.6 Å². The van der Waals surface area contributed by atoms with Crippen LogP contribution in [0, 0.1) is 19.7 Å². The van der Waals surface area contributed by atoms with Crippen LogP contribution in [0.2, 0.25) is 5.02 Å². The fourth-order valence-corrected chi connectivity index (χ4v) is 2.84. The van der Waals surface area contributed by atoms with Crippen LogP contribution in [0.4, 0.5) is 21.7 Å². The lowest BCUT2D eigenvalue weighted by molar-refractivity contribution is 0.101. The molecule has 2 aromatic carbocycles. The summed E-state index contributed by atoms with van der Waals surface area (Å²) in [6, 6.07) is 7.43. The lowest BCUT2D eigenvalue weighted by atomic mass is 10.1. The van der Waals surface area contributed by atoms with Gasteiger partial charge in [-0.2, -0.15) is 0 Å². The molecule has 4 N–H and O–H groups in total. The Morgan fingerprint density at radius 2 is 1.59 bits per heavy atom. The number of rotatable bonds is 4. The van der Waals surface area contributed by atoms with Crippen molar-refractivity contribution in [3.8, 4) is 0 Å². The van der Waals surface area contributed by atoms with Crippen molar-refractivity contribution in [1.29, 1.82) is 0 Å². The second kappa shape index (κ2) is 8.24. The average Bonchev–Trinajstić information content (AvgIpc) is 2.68. The highest BCUT2D eigenvalue weighted by atomic mass is 35.5. The molecule has 0 fully saturated rings. The SMILES string of the molecule is Cc1ccc(NC(=O)c2c(F)ccc(C)c2Cl)cc1C(=O)Nc1cnc(N)nc1. The molecule has 0 saturated heterocycles. The number of benzene rings is 2. The van der Waals surface area contributed by atoms with Crippen molar-refractivity contribution >= 4 is 40.7 Å². The van der Waals surface area contributed by atoms with Crippen molar-refractivity contribution in [3.05, 3.63) is 75.8 Å². The lowest BCUT2D eigenvalue weighted by Gasteiger charge is -2.12. The summed E-state index contributed by atoms with van der Waals surface area (Å²) in [5.41, 5.74) is 7.43. The Labute approximate surface area is 171 Å². The molecule has 1 heterocycles. The number of carbonyl (C=O) groups is 2. The van der Waals surface area contributed by atoms with Crippen molar-refractivity contribution in [2.24, 2.45) is 0 Å². The number of hydrogen-bond acceptors (Lipinski definition) is 5. The third-order valence-corrected chi connectivity index (χ3v) is 4.67. The van der Waals surface area contributed by atoms with E-state index in [2.05, 4.69) is 20.6 Å². The van der Waals surface area contributed by atoms with Crippen LogP contribution in [0.5, 0.6) is 0 Å². The number of nitrogens with zero attached hydrogens (tertiary/aromatic N) is 2. The van der Waals surface area contributed by atoms with Gasteiger partial charge in [0.25, 0.3) is 11.8 Å². The van der Waals surface area contributed by atoms with Gasteiger partial charge in [0.05, 0.1) is 28.7 Å². The normalized spacial score (nSPS) is 10.5. The zero-order chi connectivity index (χ0) is 21.1. The minimum atomic E-state index is -0.730. The Bertz CT molecular complexity index is 1100. The number of anilines is 3. The van der Waals surface area contributed by atoms with Gasteiger partial charge in [-0.1, -0.05) is 23.7 Å². The van der Waals surface area contributed by atoms with Gasteiger partial charge in [0.1, 0.15) is 5.82 Å². The molecule has 7 nitrogen and oxygen atoms in total. The number of amides is 2. The molecule has 9 heteroatoms. The monoisotopic (exact) mass is 413 g/mol. The molecule has 1 aromatic heterocycles. The van der Waals surface area contributed by atoms with Gasteiger partial charge >= 0.3 is 0 Å². The molecule has 29 heavy (non-hydrogen) atoms. The summed E-state index contributed by atoms with van der Waals surface area (Å²) in [6.07, 6.45) is 2.76. The molecule has 0 bridgehead atoms. The highest BCUT2D eigenvalue weighted by Crippen LogP contribution is 2.25. The molecule has 0 aliphatic carbocycles. The van der Waals surface area contributed by atoms with Gasteiger partial charge in [0, 0.05) is 11.3 Å². The molecule has 0 aliphatic rings. The largest absolute Gasteiger partial charge is 0.368 e. The van der Waals surface area contributed by atoms with Gasteiger partial charge < -0.3 is 16.4 Å². The van der Waals surface area contributed by atoms with E-state index in [1.54, 1.807) is 26.0 Å². The summed E-state index contributed by atoms with van der Waals surface area (Å²) < 4.78 is 14.1. The molecular formula is C20H17ClFN5O2. The maximum atomic E-state index is 14.1. The highest BCUT2D eigenvalue weighted by molar-refractivity contribution is 6.35. The maximum Gasteiger partial charge on any atom is 0.260 e. The number of hydrogen-bond donors (Lipinski definition) is 3. The number of carbonyl (C=O) groups excluding carboxylic acids is 2. The summed E-state index contributed by atoms with van der Waals surface area (Å²) in [6.45, 7) is 3.42. The molecule has 0 radical (unpaired) electrons. The molecular weight excluding hydrogens is 397 g/mol. The van der Waals surface area contributed by atoms with Crippen LogP contribution in [0.3, 0.4) is 0 Å². The first-order valence-electron chi connectivity index (χ1n) is 8.51. The van der Waals surface area contributed by atoms with E-state index >= 15 is 0 Å². The number of nitrogen functional groups attached to an aromatic ring is 1. The van der Waals surface area contributed by atoms with E-state index in [9.17, 15) is 14.0 Å². The van der Waals surface area contributed by atoms with E-state index in [0.29, 0.717) is 28.1 Å². The van der Waals surface area contributed by atoms with Crippen molar-refractivity contribution in [2.75, 3.05) is 16.4 Å². The molecule has 0 spiro atoms. The predicted molar refractivity (Wildman–Crippen MR) is 110 cm³/mol. The minimum Gasteiger partial charge on any atom is -0.368 e. The Balaban J connectivity index is 1.84. The topological polar surface area (TPSA) is 110 Å². The number of nitrogens with one attached hydrogen (secondary N) is 2. The van der Waals surface area contributed by atoms with E-state index in [1.165, 1.54) is 30.6 Å². The van der Waals surface area contributed by atoms with E-state index in [0.717, 1.165) is 0 Å².